The van der Waals surface area contributed by atoms with Crippen LogP contribution in [0.2, 0.25) is 0 Å². The zero-order valence-electron chi connectivity index (χ0n) is 10.4. The summed E-state index contributed by atoms with van der Waals surface area (Å²) in [5, 5.41) is 8.88. The first-order valence-corrected chi connectivity index (χ1v) is 9.64. The maximum Gasteiger partial charge on any atom is 0.356 e. The van der Waals surface area contributed by atoms with Crippen LogP contribution in [-0.2, 0) is 19.9 Å². The van der Waals surface area contributed by atoms with Crippen LogP contribution >= 0.6 is 11.3 Å². The number of aromatic carboxylic acids is 1. The molecule has 0 saturated carbocycles. The molecule has 2 rings (SSSR count). The molecule has 2 N–H and O–H groups in total. The fraction of sp³-hybridized carbons (Fsp3) is 0.556. The first-order valence-electron chi connectivity index (χ1n) is 5.46. The van der Waals surface area contributed by atoms with E-state index in [1.807, 2.05) is 0 Å². The van der Waals surface area contributed by atoms with Crippen molar-refractivity contribution >= 4 is 37.2 Å². The molecule has 1 unspecified atom stereocenters. The van der Waals surface area contributed by atoms with E-state index < -0.39 is 41.3 Å². The number of hydrogen-bond acceptors (Lipinski definition) is 7. The van der Waals surface area contributed by atoms with Crippen LogP contribution in [0, 0.1) is 0 Å². The van der Waals surface area contributed by atoms with Crippen molar-refractivity contribution in [3.8, 4) is 0 Å². The van der Waals surface area contributed by atoms with Gasteiger partial charge in [0, 0.05) is 5.54 Å². The Morgan fingerprint density at radius 3 is 2.70 bits per heavy atom. The summed E-state index contributed by atoms with van der Waals surface area (Å²) in [7, 11) is -7.40. The average molecular weight is 340 g/mol. The van der Waals surface area contributed by atoms with Gasteiger partial charge in [0.25, 0.3) is 10.0 Å². The first kappa shape index (κ1) is 15.4. The van der Waals surface area contributed by atoms with Crippen molar-refractivity contribution in [2.75, 3.05) is 11.5 Å². The molecule has 1 aliphatic rings. The largest absolute Gasteiger partial charge is 0.476 e. The minimum Gasteiger partial charge on any atom is -0.476 e. The fourth-order valence-electron chi connectivity index (χ4n) is 2.03. The second kappa shape index (κ2) is 4.76. The molecule has 0 amide bonds. The molecule has 1 aliphatic heterocycles. The SMILES string of the molecule is CC1(NS(=O)(=O)c2scnc2C(=O)O)CCS(=O)(=O)C1. The molecule has 1 atom stereocenters. The number of hydrogen-bond donors (Lipinski definition) is 2. The summed E-state index contributed by atoms with van der Waals surface area (Å²) in [6.45, 7) is 1.48. The van der Waals surface area contributed by atoms with Gasteiger partial charge in [0.05, 0.1) is 17.0 Å². The van der Waals surface area contributed by atoms with E-state index in [2.05, 4.69) is 9.71 Å². The highest BCUT2D eigenvalue weighted by Crippen LogP contribution is 2.27. The lowest BCUT2D eigenvalue weighted by molar-refractivity contribution is 0.0687. The molecule has 0 spiro atoms. The van der Waals surface area contributed by atoms with Crippen LogP contribution in [0.4, 0.5) is 0 Å². The maximum absolute atomic E-state index is 12.2. The zero-order chi connectivity index (χ0) is 15.2. The van der Waals surface area contributed by atoms with E-state index in [0.29, 0.717) is 11.3 Å². The molecule has 112 valence electrons. The summed E-state index contributed by atoms with van der Waals surface area (Å²) >= 11 is 0.675. The van der Waals surface area contributed by atoms with E-state index in [0.717, 1.165) is 5.51 Å². The number of carboxylic acids is 1. The van der Waals surface area contributed by atoms with Gasteiger partial charge < -0.3 is 5.11 Å². The molecule has 0 bridgehead atoms. The molecule has 1 aromatic rings. The quantitative estimate of drug-likeness (QED) is 0.769. The number of sulfone groups is 1. The van der Waals surface area contributed by atoms with Gasteiger partial charge in [0.15, 0.2) is 19.7 Å². The molecule has 1 saturated heterocycles. The molecular formula is C9H12N2O6S3. The Kier molecular flexibility index (Phi) is 3.65. The van der Waals surface area contributed by atoms with Gasteiger partial charge in [-0.2, -0.15) is 0 Å². The number of rotatable bonds is 4. The minimum atomic E-state index is -4.12. The predicted octanol–water partition coefficient (Wildman–Crippen LogP) is -0.303. The van der Waals surface area contributed by atoms with Crippen LogP contribution in [0.5, 0.6) is 0 Å². The van der Waals surface area contributed by atoms with E-state index in [-0.39, 0.29) is 17.9 Å². The zero-order valence-corrected chi connectivity index (χ0v) is 12.8. The van der Waals surface area contributed by atoms with Gasteiger partial charge in [0.1, 0.15) is 0 Å². The van der Waals surface area contributed by atoms with Crippen molar-refractivity contribution in [1.82, 2.24) is 9.71 Å². The Morgan fingerprint density at radius 2 is 2.20 bits per heavy atom. The van der Waals surface area contributed by atoms with Crippen molar-refractivity contribution in [3.63, 3.8) is 0 Å². The highest BCUT2D eigenvalue weighted by atomic mass is 32.2. The Balaban J connectivity index is 2.33. The maximum atomic E-state index is 12.2. The molecule has 11 heteroatoms. The number of aromatic nitrogens is 1. The van der Waals surface area contributed by atoms with Gasteiger partial charge in [0.2, 0.25) is 0 Å². The lowest BCUT2D eigenvalue weighted by Crippen LogP contribution is -2.46. The molecule has 2 heterocycles. The van der Waals surface area contributed by atoms with Crippen molar-refractivity contribution in [2.45, 2.75) is 23.1 Å². The average Bonchev–Trinajstić information content (AvgIpc) is 2.82. The Labute approximate surface area is 119 Å². The van der Waals surface area contributed by atoms with E-state index in [4.69, 9.17) is 5.11 Å². The lowest BCUT2D eigenvalue weighted by Gasteiger charge is -2.23. The van der Waals surface area contributed by atoms with Gasteiger partial charge in [-0.15, -0.1) is 11.3 Å². The van der Waals surface area contributed by atoms with Gasteiger partial charge in [-0.05, 0) is 13.3 Å². The summed E-state index contributed by atoms with van der Waals surface area (Å²) in [6.07, 6.45) is 0.149. The Hall–Kier alpha value is -1.04. The summed E-state index contributed by atoms with van der Waals surface area (Å²) in [5.74, 6) is -1.85. The number of nitrogens with one attached hydrogen (secondary N) is 1. The van der Waals surface area contributed by atoms with Crippen molar-refractivity contribution in [3.05, 3.63) is 11.2 Å². The number of thiazole rings is 1. The van der Waals surface area contributed by atoms with Crippen LogP contribution in [-0.4, -0.2) is 49.9 Å². The molecule has 20 heavy (non-hydrogen) atoms. The topological polar surface area (TPSA) is 130 Å². The third-order valence-corrected chi connectivity index (χ3v) is 7.78. The second-order valence-corrected chi connectivity index (χ2v) is 9.72. The molecule has 0 aromatic carbocycles. The van der Waals surface area contributed by atoms with Crippen LogP contribution < -0.4 is 4.72 Å². The summed E-state index contributed by atoms with van der Waals surface area (Å²) in [4.78, 5) is 14.4. The molecule has 0 aliphatic carbocycles. The third-order valence-electron chi connectivity index (χ3n) is 2.87. The van der Waals surface area contributed by atoms with Crippen molar-refractivity contribution < 1.29 is 26.7 Å². The van der Waals surface area contributed by atoms with Crippen LogP contribution in [0.25, 0.3) is 0 Å². The number of carbonyl (C=O) groups is 1. The van der Waals surface area contributed by atoms with Crippen LogP contribution in [0.3, 0.4) is 0 Å². The minimum absolute atomic E-state index is 0.0967. The molecule has 1 aromatic heterocycles. The van der Waals surface area contributed by atoms with Gasteiger partial charge >= 0.3 is 5.97 Å². The Bertz CT molecular complexity index is 750. The molecule has 0 radical (unpaired) electrons. The monoisotopic (exact) mass is 340 g/mol. The lowest BCUT2D eigenvalue weighted by atomic mass is 10.0. The number of nitrogens with zero attached hydrogens (tertiary/aromatic N) is 1. The Morgan fingerprint density at radius 1 is 1.55 bits per heavy atom. The smallest absolute Gasteiger partial charge is 0.356 e. The number of sulfonamides is 1. The molecule has 1 fully saturated rings. The van der Waals surface area contributed by atoms with Crippen molar-refractivity contribution in [2.24, 2.45) is 0 Å². The summed E-state index contributed by atoms with van der Waals surface area (Å²) in [5.41, 5.74) is -0.574. The fourth-order valence-corrected chi connectivity index (χ4v) is 6.79. The van der Waals surface area contributed by atoms with E-state index in [1.54, 1.807) is 0 Å². The van der Waals surface area contributed by atoms with E-state index in [1.165, 1.54) is 6.92 Å². The third kappa shape index (κ3) is 3.00. The predicted molar refractivity (Wildman–Crippen MR) is 71.1 cm³/mol. The van der Waals surface area contributed by atoms with Crippen molar-refractivity contribution in [1.29, 1.82) is 0 Å². The highest BCUT2D eigenvalue weighted by Gasteiger charge is 2.42. The second-order valence-electron chi connectivity index (χ2n) is 4.80. The standard InChI is InChI=1S/C9H12N2O6S3/c1-9(2-3-19(14,15)4-9)11-20(16,17)8-6(7(12)13)10-5-18-8/h5,11H,2-4H2,1H3,(H,12,13). The molecule has 8 nitrogen and oxygen atoms in total. The normalized spacial score (nSPS) is 25.6. The molecular weight excluding hydrogens is 328 g/mol. The van der Waals surface area contributed by atoms with E-state index in [9.17, 15) is 21.6 Å². The summed E-state index contributed by atoms with van der Waals surface area (Å²) in [6, 6.07) is 0. The van der Waals surface area contributed by atoms with Crippen LogP contribution in [0.1, 0.15) is 23.8 Å². The van der Waals surface area contributed by atoms with Gasteiger partial charge in [-0.3, -0.25) is 0 Å². The van der Waals surface area contributed by atoms with Gasteiger partial charge in [-0.25, -0.2) is 31.3 Å². The first-order chi connectivity index (χ1) is 9.05. The van der Waals surface area contributed by atoms with E-state index >= 15 is 0 Å². The summed E-state index contributed by atoms with van der Waals surface area (Å²) < 4.78 is 49.2. The van der Waals surface area contributed by atoms with Gasteiger partial charge in [-0.1, -0.05) is 0 Å². The highest BCUT2D eigenvalue weighted by molar-refractivity contribution is 7.92. The van der Waals surface area contributed by atoms with Crippen LogP contribution in [0.15, 0.2) is 9.72 Å². The number of carboxylic acid groups (broad SMARTS) is 1.